The summed E-state index contributed by atoms with van der Waals surface area (Å²) in [4.78, 5) is 26.3. The van der Waals surface area contributed by atoms with Gasteiger partial charge < -0.3 is 20.4 Å². The number of nitrogens with one attached hydrogen (secondary N) is 2. The molecule has 2 aromatic carbocycles. The maximum absolute atomic E-state index is 12.4. The van der Waals surface area contributed by atoms with Gasteiger partial charge in [0.1, 0.15) is 5.82 Å². The molecule has 1 aliphatic heterocycles. The predicted octanol–water partition coefficient (Wildman–Crippen LogP) is 4.77. The number of carbonyl (C=O) groups excluding carboxylic acids is 1. The van der Waals surface area contributed by atoms with E-state index in [-0.39, 0.29) is 5.91 Å². The van der Waals surface area contributed by atoms with Crippen molar-refractivity contribution < 1.29 is 4.79 Å². The third-order valence-electron chi connectivity index (χ3n) is 6.26. The first-order chi connectivity index (χ1) is 16.6. The molecule has 0 spiro atoms. The molecular weight excluding hydrogens is 424 g/mol. The van der Waals surface area contributed by atoms with Gasteiger partial charge in [0.05, 0.1) is 5.69 Å². The maximum Gasteiger partial charge on any atom is 0.255 e. The van der Waals surface area contributed by atoms with E-state index in [2.05, 4.69) is 51.6 Å². The summed E-state index contributed by atoms with van der Waals surface area (Å²) >= 11 is 0. The number of pyridine rings is 2. The van der Waals surface area contributed by atoms with E-state index in [0.717, 1.165) is 53.4 Å². The zero-order chi connectivity index (χ0) is 23.5. The number of aromatic nitrogens is 2. The molecule has 1 aliphatic rings. The molecule has 0 aliphatic carbocycles. The summed E-state index contributed by atoms with van der Waals surface area (Å²) in [6.45, 7) is 1.99. The Morgan fingerprint density at radius 3 is 2.47 bits per heavy atom. The summed E-state index contributed by atoms with van der Waals surface area (Å²) in [6, 6.07) is 23.5. The Morgan fingerprint density at radius 1 is 0.971 bits per heavy atom. The van der Waals surface area contributed by atoms with Crippen molar-refractivity contribution in [2.24, 2.45) is 0 Å². The smallest absolute Gasteiger partial charge is 0.255 e. The van der Waals surface area contributed by atoms with Crippen molar-refractivity contribution in [2.45, 2.75) is 12.5 Å². The molecule has 1 atom stereocenters. The Bertz CT molecular complexity index is 1290. The van der Waals surface area contributed by atoms with E-state index < -0.39 is 0 Å². The fourth-order valence-corrected chi connectivity index (χ4v) is 4.26. The van der Waals surface area contributed by atoms with Gasteiger partial charge in [0.25, 0.3) is 5.91 Å². The van der Waals surface area contributed by atoms with Crippen molar-refractivity contribution in [1.82, 2.24) is 14.9 Å². The predicted molar refractivity (Wildman–Crippen MR) is 138 cm³/mol. The average molecular weight is 453 g/mol. The van der Waals surface area contributed by atoms with Gasteiger partial charge in [-0.1, -0.05) is 18.2 Å². The monoisotopic (exact) mass is 452 g/mol. The molecule has 4 aromatic rings. The zero-order valence-corrected chi connectivity index (χ0v) is 19.4. The molecule has 1 saturated heterocycles. The molecule has 0 saturated carbocycles. The van der Waals surface area contributed by atoms with E-state index in [4.69, 9.17) is 4.98 Å². The number of hydrogen-bond acceptors (Lipinski definition) is 6. The van der Waals surface area contributed by atoms with Crippen LogP contribution in [0.3, 0.4) is 0 Å². The van der Waals surface area contributed by atoms with E-state index in [1.165, 1.54) is 0 Å². The van der Waals surface area contributed by atoms with Crippen LogP contribution < -0.4 is 15.5 Å². The summed E-state index contributed by atoms with van der Waals surface area (Å²) in [5.41, 5.74) is 3.96. The Labute approximate surface area is 199 Å². The summed E-state index contributed by atoms with van der Waals surface area (Å²) in [5.74, 6) is 0.846. The van der Waals surface area contributed by atoms with Crippen molar-refractivity contribution >= 4 is 39.8 Å². The lowest BCUT2D eigenvalue weighted by Crippen LogP contribution is -2.31. The number of nitrogens with zero attached hydrogens (tertiary/aromatic N) is 4. The van der Waals surface area contributed by atoms with Gasteiger partial charge in [0.2, 0.25) is 0 Å². The van der Waals surface area contributed by atoms with Crippen molar-refractivity contribution in [3.63, 3.8) is 0 Å². The molecule has 0 bridgehead atoms. The number of carbonyl (C=O) groups is 1. The molecule has 5 rings (SSSR count). The minimum Gasteiger partial charge on any atom is -0.355 e. The number of rotatable bonds is 6. The summed E-state index contributed by atoms with van der Waals surface area (Å²) < 4.78 is 0. The Balaban J connectivity index is 1.29. The second-order valence-corrected chi connectivity index (χ2v) is 8.77. The summed E-state index contributed by atoms with van der Waals surface area (Å²) in [6.07, 6.45) is 2.92. The van der Waals surface area contributed by atoms with Crippen LogP contribution in [0, 0.1) is 0 Å². The van der Waals surface area contributed by atoms with Gasteiger partial charge in [-0.15, -0.1) is 0 Å². The van der Waals surface area contributed by atoms with Crippen molar-refractivity contribution in [3.8, 4) is 0 Å². The summed E-state index contributed by atoms with van der Waals surface area (Å²) in [5, 5.41) is 7.35. The van der Waals surface area contributed by atoms with Crippen molar-refractivity contribution in [1.29, 1.82) is 0 Å². The number of hydrogen-bond donors (Lipinski definition) is 2. The third-order valence-corrected chi connectivity index (χ3v) is 6.26. The molecule has 2 aromatic heterocycles. The normalized spacial score (nSPS) is 15.6. The van der Waals surface area contributed by atoms with Crippen molar-refractivity contribution in [2.75, 3.05) is 42.7 Å². The second kappa shape index (κ2) is 9.49. The van der Waals surface area contributed by atoms with Gasteiger partial charge in [-0.25, -0.2) is 9.97 Å². The van der Waals surface area contributed by atoms with Crippen LogP contribution in [0.15, 0.2) is 79.0 Å². The van der Waals surface area contributed by atoms with E-state index in [0.29, 0.717) is 11.6 Å². The molecule has 2 N–H and O–H groups in total. The second-order valence-electron chi connectivity index (χ2n) is 8.77. The van der Waals surface area contributed by atoms with E-state index in [1.54, 1.807) is 18.3 Å². The average Bonchev–Trinajstić information content (AvgIpc) is 3.37. The van der Waals surface area contributed by atoms with Gasteiger partial charge in [-0.3, -0.25) is 4.79 Å². The molecule has 34 heavy (non-hydrogen) atoms. The van der Waals surface area contributed by atoms with Gasteiger partial charge >= 0.3 is 0 Å². The van der Waals surface area contributed by atoms with Crippen LogP contribution in [-0.2, 0) is 0 Å². The van der Waals surface area contributed by atoms with E-state index in [1.807, 2.05) is 48.5 Å². The van der Waals surface area contributed by atoms with Crippen LogP contribution in [0.2, 0.25) is 0 Å². The van der Waals surface area contributed by atoms with Crippen LogP contribution in [0.4, 0.5) is 22.9 Å². The van der Waals surface area contributed by atoms with Crippen LogP contribution in [0.25, 0.3) is 11.0 Å². The minimum absolute atomic E-state index is 0.127. The van der Waals surface area contributed by atoms with Gasteiger partial charge in [-0.05, 0) is 75.1 Å². The molecule has 1 amide bonds. The van der Waals surface area contributed by atoms with E-state index >= 15 is 0 Å². The molecule has 0 radical (unpaired) electrons. The fourth-order valence-electron chi connectivity index (χ4n) is 4.26. The van der Waals surface area contributed by atoms with Crippen LogP contribution in [0.1, 0.15) is 16.8 Å². The van der Waals surface area contributed by atoms with Gasteiger partial charge in [0, 0.05) is 47.7 Å². The quantitative estimate of drug-likeness (QED) is 0.439. The Hall–Kier alpha value is -3.97. The number of anilines is 4. The number of fused-ring (bicyclic) bond motifs is 1. The highest BCUT2D eigenvalue weighted by atomic mass is 16.1. The Morgan fingerprint density at radius 2 is 1.74 bits per heavy atom. The number of amides is 1. The first kappa shape index (κ1) is 21.9. The van der Waals surface area contributed by atoms with Crippen LogP contribution in [0.5, 0.6) is 0 Å². The molecule has 172 valence electrons. The standard InChI is InChI=1S/C27H28N6O/c1-32(2)22-15-17-33(18-22)25-13-12-23-24(14-16-28-26(23)31-25)29-20-8-10-21(11-9-20)30-27(34)19-6-4-3-5-7-19/h3-14,16,22H,15,17-18H2,1-2H3,(H,30,34)(H,28,29,31)/t22-/m1/s1. The van der Waals surface area contributed by atoms with Gasteiger partial charge in [-0.2, -0.15) is 0 Å². The minimum atomic E-state index is -0.127. The molecule has 0 unspecified atom stereocenters. The zero-order valence-electron chi connectivity index (χ0n) is 19.4. The van der Waals surface area contributed by atoms with Crippen LogP contribution >= 0.6 is 0 Å². The third kappa shape index (κ3) is 4.70. The number of benzene rings is 2. The summed E-state index contributed by atoms with van der Waals surface area (Å²) in [7, 11) is 4.26. The first-order valence-corrected chi connectivity index (χ1v) is 11.5. The molecular formula is C27H28N6O. The van der Waals surface area contributed by atoms with Crippen molar-refractivity contribution in [3.05, 3.63) is 84.6 Å². The lowest BCUT2D eigenvalue weighted by Gasteiger charge is -2.21. The molecule has 7 heteroatoms. The lowest BCUT2D eigenvalue weighted by atomic mass is 10.2. The Kier molecular flexibility index (Phi) is 6.10. The molecule has 7 nitrogen and oxygen atoms in total. The fraction of sp³-hybridized carbons (Fsp3) is 0.222. The molecule has 3 heterocycles. The largest absolute Gasteiger partial charge is 0.355 e. The maximum atomic E-state index is 12.4. The number of likely N-dealkylation sites (N-methyl/N-ethyl adjacent to an activating group) is 1. The SMILES string of the molecule is CN(C)[C@@H]1CCN(c2ccc3c(Nc4ccc(NC(=O)c5ccccc5)cc4)ccnc3n2)C1. The van der Waals surface area contributed by atoms with Gasteiger partial charge in [0.15, 0.2) is 5.65 Å². The highest BCUT2D eigenvalue weighted by Crippen LogP contribution is 2.28. The lowest BCUT2D eigenvalue weighted by molar-refractivity contribution is 0.102. The van der Waals surface area contributed by atoms with E-state index in [9.17, 15) is 4.79 Å². The topological polar surface area (TPSA) is 73.4 Å². The highest BCUT2D eigenvalue weighted by molar-refractivity contribution is 6.04. The van der Waals surface area contributed by atoms with Crippen LogP contribution in [-0.4, -0.2) is 54.0 Å². The highest BCUT2D eigenvalue weighted by Gasteiger charge is 2.25. The molecule has 1 fully saturated rings. The first-order valence-electron chi connectivity index (χ1n) is 11.5.